The van der Waals surface area contributed by atoms with Crippen LogP contribution >= 0.6 is 0 Å². The van der Waals surface area contributed by atoms with Crippen molar-refractivity contribution in [3.05, 3.63) is 54.5 Å². The van der Waals surface area contributed by atoms with Crippen molar-refractivity contribution in [3.8, 4) is 5.69 Å². The van der Waals surface area contributed by atoms with E-state index in [2.05, 4.69) is 21.7 Å². The maximum atomic E-state index is 5.94. The molecule has 0 saturated carbocycles. The van der Waals surface area contributed by atoms with Crippen molar-refractivity contribution >= 4 is 11.2 Å². The van der Waals surface area contributed by atoms with Crippen molar-refractivity contribution in [2.75, 3.05) is 6.61 Å². The second kappa shape index (κ2) is 5.30. The highest BCUT2D eigenvalue weighted by molar-refractivity contribution is 5.73. The van der Waals surface area contributed by atoms with E-state index in [1.807, 2.05) is 36.5 Å². The highest BCUT2D eigenvalue weighted by Crippen LogP contribution is 2.31. The minimum absolute atomic E-state index is 0.0631. The zero-order valence-electron chi connectivity index (χ0n) is 11.8. The van der Waals surface area contributed by atoms with Crippen molar-refractivity contribution in [1.82, 2.24) is 14.5 Å². The highest BCUT2D eigenvalue weighted by atomic mass is 16.5. The fourth-order valence-corrected chi connectivity index (χ4v) is 2.92. The molecule has 21 heavy (non-hydrogen) atoms. The third kappa shape index (κ3) is 2.21. The van der Waals surface area contributed by atoms with Crippen molar-refractivity contribution in [1.29, 1.82) is 0 Å². The van der Waals surface area contributed by atoms with Gasteiger partial charge in [0, 0.05) is 18.5 Å². The van der Waals surface area contributed by atoms with Crippen LogP contribution in [0.4, 0.5) is 0 Å². The fourth-order valence-electron chi connectivity index (χ4n) is 2.92. The molecule has 1 saturated heterocycles. The molecule has 4 rings (SSSR count). The molecule has 0 aliphatic carbocycles. The summed E-state index contributed by atoms with van der Waals surface area (Å²) in [6.07, 6.45) is 5.23. The Morgan fingerprint density at radius 1 is 1.05 bits per heavy atom. The SMILES string of the molecule is c1ccc(-n2c(C3CCCCO3)nc3cccnc32)cc1. The average molecular weight is 279 g/mol. The topological polar surface area (TPSA) is 39.9 Å². The first kappa shape index (κ1) is 12.5. The molecule has 2 aromatic heterocycles. The molecular weight excluding hydrogens is 262 g/mol. The number of ether oxygens (including phenoxy) is 1. The van der Waals surface area contributed by atoms with Gasteiger partial charge in [-0.25, -0.2) is 9.97 Å². The van der Waals surface area contributed by atoms with Crippen LogP contribution in [0.3, 0.4) is 0 Å². The van der Waals surface area contributed by atoms with Gasteiger partial charge in [-0.1, -0.05) is 18.2 Å². The maximum absolute atomic E-state index is 5.94. The first-order chi connectivity index (χ1) is 10.4. The molecule has 0 spiro atoms. The summed E-state index contributed by atoms with van der Waals surface area (Å²) >= 11 is 0. The third-order valence-electron chi connectivity index (χ3n) is 3.92. The van der Waals surface area contributed by atoms with E-state index >= 15 is 0 Å². The van der Waals surface area contributed by atoms with Gasteiger partial charge in [-0.3, -0.25) is 4.57 Å². The van der Waals surface area contributed by atoms with Crippen LogP contribution in [0.5, 0.6) is 0 Å². The molecule has 4 nitrogen and oxygen atoms in total. The Kier molecular flexibility index (Phi) is 3.16. The van der Waals surface area contributed by atoms with E-state index in [1.165, 1.54) is 6.42 Å². The minimum atomic E-state index is 0.0631. The molecule has 1 aliphatic heterocycles. The zero-order chi connectivity index (χ0) is 14.1. The lowest BCUT2D eigenvalue weighted by atomic mass is 10.1. The van der Waals surface area contributed by atoms with Crippen LogP contribution in [0.25, 0.3) is 16.9 Å². The van der Waals surface area contributed by atoms with E-state index in [0.717, 1.165) is 42.1 Å². The molecule has 0 N–H and O–H groups in total. The lowest BCUT2D eigenvalue weighted by Crippen LogP contribution is -2.16. The lowest BCUT2D eigenvalue weighted by molar-refractivity contribution is 0.00886. The quantitative estimate of drug-likeness (QED) is 0.718. The van der Waals surface area contributed by atoms with E-state index < -0.39 is 0 Å². The van der Waals surface area contributed by atoms with E-state index in [4.69, 9.17) is 9.72 Å². The summed E-state index contributed by atoms with van der Waals surface area (Å²) in [4.78, 5) is 9.31. The Morgan fingerprint density at radius 2 is 1.95 bits per heavy atom. The summed E-state index contributed by atoms with van der Waals surface area (Å²) in [7, 11) is 0. The number of rotatable bonds is 2. The average Bonchev–Trinajstić information content (AvgIpc) is 2.96. The zero-order valence-corrected chi connectivity index (χ0v) is 11.8. The first-order valence-electron chi connectivity index (χ1n) is 7.44. The first-order valence-corrected chi connectivity index (χ1v) is 7.44. The second-order valence-corrected chi connectivity index (χ2v) is 5.34. The fraction of sp³-hybridized carbons (Fsp3) is 0.294. The number of aromatic nitrogens is 3. The van der Waals surface area contributed by atoms with Gasteiger partial charge in [0.15, 0.2) is 5.65 Å². The van der Waals surface area contributed by atoms with Crippen LogP contribution in [-0.4, -0.2) is 21.1 Å². The van der Waals surface area contributed by atoms with Gasteiger partial charge >= 0.3 is 0 Å². The van der Waals surface area contributed by atoms with Crippen LogP contribution in [0.1, 0.15) is 31.2 Å². The summed E-state index contributed by atoms with van der Waals surface area (Å²) in [5, 5.41) is 0. The summed E-state index contributed by atoms with van der Waals surface area (Å²) in [6.45, 7) is 0.816. The van der Waals surface area contributed by atoms with Crippen LogP contribution < -0.4 is 0 Å². The Balaban J connectivity index is 1.92. The van der Waals surface area contributed by atoms with Gasteiger partial charge in [0.1, 0.15) is 17.4 Å². The molecular formula is C17H17N3O. The van der Waals surface area contributed by atoms with E-state index in [1.54, 1.807) is 0 Å². The molecule has 0 radical (unpaired) electrons. The monoisotopic (exact) mass is 279 g/mol. The number of para-hydroxylation sites is 1. The molecule has 4 heteroatoms. The second-order valence-electron chi connectivity index (χ2n) is 5.34. The van der Waals surface area contributed by atoms with Crippen LogP contribution in [-0.2, 0) is 4.74 Å². The maximum Gasteiger partial charge on any atom is 0.164 e. The molecule has 1 unspecified atom stereocenters. The minimum Gasteiger partial charge on any atom is -0.370 e. The van der Waals surface area contributed by atoms with Gasteiger partial charge in [0.25, 0.3) is 0 Å². The standard InChI is InChI=1S/C17H17N3O/c1-2-7-13(8-3-1)20-16-14(9-6-11-18-16)19-17(20)15-10-4-5-12-21-15/h1-3,6-9,11,15H,4-5,10,12H2. The number of imidazole rings is 1. The largest absolute Gasteiger partial charge is 0.370 e. The van der Waals surface area contributed by atoms with Crippen molar-refractivity contribution in [3.63, 3.8) is 0 Å². The lowest BCUT2D eigenvalue weighted by Gasteiger charge is -2.23. The predicted molar refractivity (Wildman–Crippen MR) is 81.4 cm³/mol. The number of nitrogens with zero attached hydrogens (tertiary/aromatic N) is 3. The normalized spacial score (nSPS) is 19.0. The van der Waals surface area contributed by atoms with Gasteiger partial charge in [-0.2, -0.15) is 0 Å². The van der Waals surface area contributed by atoms with E-state index in [0.29, 0.717) is 0 Å². The van der Waals surface area contributed by atoms with E-state index in [9.17, 15) is 0 Å². The van der Waals surface area contributed by atoms with Crippen LogP contribution in [0.15, 0.2) is 48.7 Å². The molecule has 3 heterocycles. The predicted octanol–water partition coefficient (Wildman–Crippen LogP) is 3.66. The summed E-state index contributed by atoms with van der Waals surface area (Å²) in [5.41, 5.74) is 2.90. The Hall–Kier alpha value is -2.20. The Bertz CT molecular complexity index is 745. The van der Waals surface area contributed by atoms with Crippen molar-refractivity contribution < 1.29 is 4.74 Å². The molecule has 3 aromatic rings. The summed E-state index contributed by atoms with van der Waals surface area (Å²) in [6, 6.07) is 14.2. The Labute approximate surface area is 123 Å². The molecule has 0 bridgehead atoms. The molecule has 106 valence electrons. The van der Waals surface area contributed by atoms with E-state index in [-0.39, 0.29) is 6.10 Å². The number of hydrogen-bond acceptors (Lipinski definition) is 3. The molecule has 1 aliphatic rings. The smallest absolute Gasteiger partial charge is 0.164 e. The van der Waals surface area contributed by atoms with Crippen molar-refractivity contribution in [2.45, 2.75) is 25.4 Å². The van der Waals surface area contributed by atoms with Crippen LogP contribution in [0, 0.1) is 0 Å². The number of fused-ring (bicyclic) bond motifs is 1. The summed E-state index contributed by atoms with van der Waals surface area (Å²) in [5.74, 6) is 0.967. The van der Waals surface area contributed by atoms with Gasteiger partial charge in [-0.15, -0.1) is 0 Å². The third-order valence-corrected chi connectivity index (χ3v) is 3.92. The number of pyridine rings is 1. The highest BCUT2D eigenvalue weighted by Gasteiger charge is 2.24. The summed E-state index contributed by atoms with van der Waals surface area (Å²) < 4.78 is 8.07. The molecule has 1 aromatic carbocycles. The molecule has 1 atom stereocenters. The van der Waals surface area contributed by atoms with Gasteiger partial charge in [0.2, 0.25) is 0 Å². The molecule has 1 fully saturated rings. The van der Waals surface area contributed by atoms with Gasteiger partial charge in [-0.05, 0) is 43.5 Å². The Morgan fingerprint density at radius 3 is 2.76 bits per heavy atom. The van der Waals surface area contributed by atoms with Gasteiger partial charge in [0.05, 0.1) is 0 Å². The molecule has 0 amide bonds. The van der Waals surface area contributed by atoms with Crippen LogP contribution in [0.2, 0.25) is 0 Å². The number of hydrogen-bond donors (Lipinski definition) is 0. The van der Waals surface area contributed by atoms with Gasteiger partial charge < -0.3 is 4.74 Å². The van der Waals surface area contributed by atoms with Crippen molar-refractivity contribution in [2.24, 2.45) is 0 Å². The number of benzene rings is 1.